The van der Waals surface area contributed by atoms with Crippen LogP contribution >= 0.6 is 0 Å². The minimum absolute atomic E-state index is 0.0899. The van der Waals surface area contributed by atoms with E-state index in [1.807, 2.05) is 0 Å². The lowest BCUT2D eigenvalue weighted by molar-refractivity contribution is -0.167. The van der Waals surface area contributed by atoms with Crippen LogP contribution in [0.1, 0.15) is 258 Å². The largest absolute Gasteiger partial charge is 0.462 e. The Balaban J connectivity index is 4.41. The Labute approximate surface area is 395 Å². The van der Waals surface area contributed by atoms with Gasteiger partial charge in [0.15, 0.2) is 6.10 Å². The molecule has 64 heavy (non-hydrogen) atoms. The first-order valence-corrected chi connectivity index (χ1v) is 26.9. The maximum atomic E-state index is 12.8. The van der Waals surface area contributed by atoms with Gasteiger partial charge in [0.1, 0.15) is 13.2 Å². The van der Waals surface area contributed by atoms with Crippen molar-refractivity contribution < 1.29 is 28.6 Å². The fourth-order valence-corrected chi connectivity index (χ4v) is 7.30. The van der Waals surface area contributed by atoms with Gasteiger partial charge in [-0.1, -0.05) is 196 Å². The molecule has 0 heterocycles. The molecular weight excluding hydrogens is 793 g/mol. The topological polar surface area (TPSA) is 78.9 Å². The molecule has 0 radical (unpaired) electrons. The molecule has 6 heteroatoms. The van der Waals surface area contributed by atoms with Crippen LogP contribution in [-0.2, 0) is 28.6 Å². The number of esters is 3. The normalized spacial score (nSPS) is 12.6. The summed E-state index contributed by atoms with van der Waals surface area (Å²) in [4.78, 5) is 38.0. The summed E-state index contributed by atoms with van der Waals surface area (Å²) in [5.74, 6) is -0.922. The van der Waals surface area contributed by atoms with Crippen LogP contribution in [0.15, 0.2) is 72.9 Å². The van der Waals surface area contributed by atoms with Crippen LogP contribution < -0.4 is 0 Å². The summed E-state index contributed by atoms with van der Waals surface area (Å²) in [6.45, 7) is 6.53. The predicted octanol–water partition coefficient (Wildman–Crippen LogP) is 17.8. The third-order valence-electron chi connectivity index (χ3n) is 11.4. The van der Waals surface area contributed by atoms with Crippen LogP contribution in [0.5, 0.6) is 0 Å². The van der Waals surface area contributed by atoms with E-state index in [0.29, 0.717) is 19.3 Å². The Kier molecular flexibility index (Phi) is 49.9. The van der Waals surface area contributed by atoms with Gasteiger partial charge in [0, 0.05) is 19.3 Å². The van der Waals surface area contributed by atoms with E-state index < -0.39 is 6.10 Å². The summed E-state index contributed by atoms with van der Waals surface area (Å²) in [5.41, 5.74) is 0. The predicted molar refractivity (Wildman–Crippen MR) is 274 cm³/mol. The highest BCUT2D eigenvalue weighted by Crippen LogP contribution is 2.14. The zero-order chi connectivity index (χ0) is 46.5. The van der Waals surface area contributed by atoms with E-state index in [9.17, 15) is 14.4 Å². The molecule has 0 aliphatic heterocycles. The van der Waals surface area contributed by atoms with Gasteiger partial charge in [-0.2, -0.15) is 0 Å². The van der Waals surface area contributed by atoms with Crippen LogP contribution in [0.4, 0.5) is 0 Å². The fourth-order valence-electron chi connectivity index (χ4n) is 7.30. The molecule has 0 aromatic rings. The number of carbonyl (C=O) groups is 3. The first-order chi connectivity index (χ1) is 31.5. The summed E-state index contributed by atoms with van der Waals surface area (Å²) < 4.78 is 16.8. The van der Waals surface area contributed by atoms with Gasteiger partial charge in [0.25, 0.3) is 0 Å². The molecule has 0 fully saturated rings. The molecular formula is C58H100O6. The minimum Gasteiger partial charge on any atom is -0.462 e. The van der Waals surface area contributed by atoms with Crippen LogP contribution in [0, 0.1) is 0 Å². The summed E-state index contributed by atoms with van der Waals surface area (Å²) >= 11 is 0. The zero-order valence-electron chi connectivity index (χ0n) is 42.0. The van der Waals surface area contributed by atoms with Crippen LogP contribution in [-0.4, -0.2) is 37.2 Å². The highest BCUT2D eigenvalue weighted by molar-refractivity contribution is 5.71. The lowest BCUT2D eigenvalue weighted by Crippen LogP contribution is -2.30. The third kappa shape index (κ3) is 49.9. The summed E-state index contributed by atoms with van der Waals surface area (Å²) in [6.07, 6.45) is 65.9. The Hall–Kier alpha value is -3.15. The van der Waals surface area contributed by atoms with Crippen molar-refractivity contribution in [2.75, 3.05) is 13.2 Å². The summed E-state index contributed by atoms with van der Waals surface area (Å²) in [5, 5.41) is 0. The van der Waals surface area contributed by atoms with Crippen molar-refractivity contribution >= 4 is 17.9 Å². The van der Waals surface area contributed by atoms with E-state index >= 15 is 0 Å². The van der Waals surface area contributed by atoms with Gasteiger partial charge in [-0.05, 0) is 116 Å². The second-order valence-electron chi connectivity index (χ2n) is 17.8. The summed E-state index contributed by atoms with van der Waals surface area (Å²) in [6, 6.07) is 0. The Bertz CT molecular complexity index is 1210. The molecule has 0 aromatic carbocycles. The van der Waals surface area contributed by atoms with Gasteiger partial charge in [-0.25, -0.2) is 0 Å². The van der Waals surface area contributed by atoms with Crippen LogP contribution in [0.3, 0.4) is 0 Å². The molecule has 0 rings (SSSR count). The number of ether oxygens (including phenoxy) is 3. The summed E-state index contributed by atoms with van der Waals surface area (Å²) in [7, 11) is 0. The van der Waals surface area contributed by atoms with Gasteiger partial charge in [-0.3, -0.25) is 14.4 Å². The Morgan fingerprint density at radius 2 is 0.562 bits per heavy atom. The molecule has 0 aliphatic carbocycles. The highest BCUT2D eigenvalue weighted by atomic mass is 16.6. The second-order valence-corrected chi connectivity index (χ2v) is 17.8. The van der Waals surface area contributed by atoms with Crippen LogP contribution in [0.2, 0.25) is 0 Å². The van der Waals surface area contributed by atoms with E-state index in [4.69, 9.17) is 14.2 Å². The molecule has 6 nitrogen and oxygen atoms in total. The van der Waals surface area contributed by atoms with E-state index in [1.165, 1.54) is 109 Å². The standard InChI is InChI=1S/C58H100O6/c1-4-7-10-13-16-19-22-25-27-28-29-30-32-33-36-39-42-45-48-51-57(60)63-54-55(53-62-56(59)50-47-44-41-38-35-24-21-18-15-12-9-6-3)64-58(61)52-49-46-43-40-37-34-31-26-23-20-17-14-11-8-5-2/h16-21,25-27,29-31,55H,4-15,22-24,28,32-54H2,1-3H3/b19-16-,20-17-,21-18-,27-25-,30-29-,31-26-/t55-/m1/s1. The molecule has 0 saturated heterocycles. The lowest BCUT2D eigenvalue weighted by Gasteiger charge is -2.18. The van der Waals surface area contributed by atoms with E-state index in [1.54, 1.807) is 0 Å². The van der Waals surface area contributed by atoms with E-state index in [-0.39, 0.29) is 31.1 Å². The fraction of sp³-hybridized carbons (Fsp3) is 0.741. The van der Waals surface area contributed by atoms with Crippen molar-refractivity contribution in [2.24, 2.45) is 0 Å². The van der Waals surface area contributed by atoms with Gasteiger partial charge in [0.2, 0.25) is 0 Å². The molecule has 0 saturated carbocycles. The van der Waals surface area contributed by atoms with Crippen molar-refractivity contribution in [1.29, 1.82) is 0 Å². The van der Waals surface area contributed by atoms with Crippen molar-refractivity contribution in [3.8, 4) is 0 Å². The maximum absolute atomic E-state index is 12.8. The Morgan fingerprint density at radius 1 is 0.312 bits per heavy atom. The van der Waals surface area contributed by atoms with Gasteiger partial charge in [0.05, 0.1) is 0 Å². The smallest absolute Gasteiger partial charge is 0.306 e. The zero-order valence-corrected chi connectivity index (χ0v) is 42.0. The average Bonchev–Trinajstić information content (AvgIpc) is 3.29. The van der Waals surface area contributed by atoms with E-state index in [0.717, 1.165) is 109 Å². The SMILES string of the molecule is CCCCC/C=C\C/C=C\C/C=C\CCCCCCCCC(=O)OC[C@@H](COC(=O)CCCCCCC/C=C\CCCCC)OC(=O)CCCCCCC/C=C\C/C=C\CCCCC. The lowest BCUT2D eigenvalue weighted by atomic mass is 10.1. The number of carbonyl (C=O) groups excluding carboxylic acids is 3. The molecule has 0 N–H and O–H groups in total. The molecule has 0 aliphatic rings. The van der Waals surface area contributed by atoms with Gasteiger partial charge in [-0.15, -0.1) is 0 Å². The van der Waals surface area contributed by atoms with Gasteiger partial charge < -0.3 is 14.2 Å². The third-order valence-corrected chi connectivity index (χ3v) is 11.4. The number of allylic oxidation sites excluding steroid dienone is 12. The first-order valence-electron chi connectivity index (χ1n) is 26.9. The molecule has 0 amide bonds. The highest BCUT2D eigenvalue weighted by Gasteiger charge is 2.19. The quantitative estimate of drug-likeness (QED) is 0.0262. The number of rotatable bonds is 48. The van der Waals surface area contributed by atoms with Crippen molar-refractivity contribution in [3.05, 3.63) is 72.9 Å². The minimum atomic E-state index is -0.791. The molecule has 0 aromatic heterocycles. The monoisotopic (exact) mass is 893 g/mol. The van der Waals surface area contributed by atoms with Gasteiger partial charge >= 0.3 is 17.9 Å². The number of hydrogen-bond acceptors (Lipinski definition) is 6. The van der Waals surface area contributed by atoms with Crippen molar-refractivity contribution in [3.63, 3.8) is 0 Å². The number of hydrogen-bond donors (Lipinski definition) is 0. The Morgan fingerprint density at radius 3 is 0.891 bits per heavy atom. The molecule has 368 valence electrons. The number of unbranched alkanes of at least 4 members (excludes halogenated alkanes) is 25. The molecule has 0 spiro atoms. The van der Waals surface area contributed by atoms with Crippen molar-refractivity contribution in [2.45, 2.75) is 264 Å². The maximum Gasteiger partial charge on any atom is 0.306 e. The molecule has 0 unspecified atom stereocenters. The molecule has 1 atom stereocenters. The van der Waals surface area contributed by atoms with Crippen LogP contribution in [0.25, 0.3) is 0 Å². The van der Waals surface area contributed by atoms with E-state index in [2.05, 4.69) is 93.7 Å². The first kappa shape index (κ1) is 60.9. The second kappa shape index (κ2) is 52.5. The van der Waals surface area contributed by atoms with Crippen molar-refractivity contribution in [1.82, 2.24) is 0 Å². The molecule has 0 bridgehead atoms. The average molecular weight is 893 g/mol.